The van der Waals surface area contributed by atoms with Gasteiger partial charge in [0.2, 0.25) is 0 Å². The minimum atomic E-state index is -3.99. The first-order chi connectivity index (χ1) is 9.74. The number of nitrogens with two attached hydrogens (primary N) is 1. The second kappa shape index (κ2) is 5.82. The molecule has 0 aliphatic rings. The quantitative estimate of drug-likeness (QED) is 0.830. The monoisotopic (exact) mass is 396 g/mol. The van der Waals surface area contributed by atoms with E-state index in [9.17, 15) is 12.8 Å². The molecule has 2 aromatic rings. The van der Waals surface area contributed by atoms with E-state index in [0.29, 0.717) is 6.54 Å². The summed E-state index contributed by atoms with van der Waals surface area (Å²) in [5, 5.41) is 3.79. The lowest BCUT2D eigenvalue weighted by atomic mass is 10.3. The molecule has 0 amide bonds. The summed E-state index contributed by atoms with van der Waals surface area (Å²) in [7, 11) is -3.99. The van der Waals surface area contributed by atoms with Crippen LogP contribution in [0.3, 0.4) is 0 Å². The van der Waals surface area contributed by atoms with Gasteiger partial charge in [0, 0.05) is 17.2 Å². The fraction of sp³-hybridized carbons (Fsp3) is 0.182. The first-order valence-electron chi connectivity index (χ1n) is 5.75. The average Bonchev–Trinajstić information content (AvgIpc) is 2.76. The van der Waals surface area contributed by atoms with Crippen LogP contribution in [0.2, 0.25) is 5.02 Å². The summed E-state index contributed by atoms with van der Waals surface area (Å²) < 4.78 is 41.6. The standard InChI is InChI=1S/C11H11BrClFN4O2S/c1-2-18-5-9(11(15)16-18)21(19,20)17-10-7(12)3-6(14)4-8(10)13/h3-5,17H,2H2,1H3,(H2,15,16). The first-order valence-corrected chi connectivity index (χ1v) is 8.40. The topological polar surface area (TPSA) is 90.0 Å². The zero-order chi connectivity index (χ0) is 15.8. The van der Waals surface area contributed by atoms with Crippen LogP contribution in [0.1, 0.15) is 6.92 Å². The van der Waals surface area contributed by atoms with E-state index in [2.05, 4.69) is 25.8 Å². The van der Waals surface area contributed by atoms with Crippen LogP contribution in [0.4, 0.5) is 15.9 Å². The normalized spacial score (nSPS) is 11.6. The molecule has 6 nitrogen and oxygen atoms in total. The molecule has 1 aromatic heterocycles. The van der Waals surface area contributed by atoms with Crippen molar-refractivity contribution in [2.75, 3.05) is 10.5 Å². The van der Waals surface area contributed by atoms with Crippen LogP contribution in [0.25, 0.3) is 0 Å². The number of hydrogen-bond acceptors (Lipinski definition) is 4. The Kier molecular flexibility index (Phi) is 4.45. The Morgan fingerprint density at radius 3 is 2.71 bits per heavy atom. The van der Waals surface area contributed by atoms with E-state index in [1.807, 2.05) is 0 Å². The molecule has 0 aliphatic carbocycles. The van der Waals surface area contributed by atoms with Gasteiger partial charge in [-0.1, -0.05) is 11.6 Å². The van der Waals surface area contributed by atoms with Gasteiger partial charge in [0.15, 0.2) is 5.82 Å². The minimum Gasteiger partial charge on any atom is -0.381 e. The predicted molar refractivity (Wildman–Crippen MR) is 82.2 cm³/mol. The molecule has 1 heterocycles. The highest BCUT2D eigenvalue weighted by Gasteiger charge is 2.23. The maximum Gasteiger partial charge on any atom is 0.267 e. The molecule has 114 valence electrons. The molecule has 0 atom stereocenters. The molecule has 0 radical (unpaired) electrons. The van der Waals surface area contributed by atoms with Crippen molar-refractivity contribution < 1.29 is 12.8 Å². The van der Waals surface area contributed by atoms with Gasteiger partial charge >= 0.3 is 0 Å². The second-order valence-corrected chi connectivity index (χ2v) is 7.00. The molecule has 3 N–H and O–H groups in total. The molecular formula is C11H11BrClFN4O2S. The SMILES string of the molecule is CCn1cc(S(=O)(=O)Nc2c(Cl)cc(F)cc2Br)c(N)n1. The lowest BCUT2D eigenvalue weighted by molar-refractivity contribution is 0.600. The van der Waals surface area contributed by atoms with Gasteiger partial charge in [-0.25, -0.2) is 12.8 Å². The number of sulfonamides is 1. The van der Waals surface area contributed by atoms with E-state index in [1.54, 1.807) is 6.92 Å². The summed E-state index contributed by atoms with van der Waals surface area (Å²) in [4.78, 5) is -0.170. The lowest BCUT2D eigenvalue weighted by Gasteiger charge is -2.10. The smallest absolute Gasteiger partial charge is 0.267 e. The molecule has 0 saturated carbocycles. The van der Waals surface area contributed by atoms with Crippen molar-refractivity contribution in [2.24, 2.45) is 0 Å². The third-order valence-electron chi connectivity index (χ3n) is 2.61. The van der Waals surface area contributed by atoms with Gasteiger partial charge in [-0.3, -0.25) is 9.40 Å². The number of nitrogen functional groups attached to an aromatic ring is 1. The molecular weight excluding hydrogens is 387 g/mol. The molecule has 0 saturated heterocycles. The van der Waals surface area contributed by atoms with Crippen molar-refractivity contribution in [2.45, 2.75) is 18.4 Å². The van der Waals surface area contributed by atoms with E-state index < -0.39 is 15.8 Å². The number of hydrogen-bond donors (Lipinski definition) is 2. The highest BCUT2D eigenvalue weighted by molar-refractivity contribution is 9.10. The predicted octanol–water partition coefficient (Wildman–Crippen LogP) is 2.84. The Morgan fingerprint density at radius 1 is 1.52 bits per heavy atom. The third-order valence-corrected chi connectivity index (χ3v) is 4.90. The number of aryl methyl sites for hydroxylation is 1. The number of benzene rings is 1. The zero-order valence-electron chi connectivity index (χ0n) is 10.8. The first kappa shape index (κ1) is 16.1. The van der Waals surface area contributed by atoms with Crippen molar-refractivity contribution in [1.82, 2.24) is 9.78 Å². The summed E-state index contributed by atoms with van der Waals surface area (Å²) in [6.07, 6.45) is 1.31. The van der Waals surface area contributed by atoms with Crippen LogP contribution >= 0.6 is 27.5 Å². The van der Waals surface area contributed by atoms with Gasteiger partial charge in [0.1, 0.15) is 10.7 Å². The summed E-state index contributed by atoms with van der Waals surface area (Å²) in [5.74, 6) is -0.716. The van der Waals surface area contributed by atoms with Gasteiger partial charge < -0.3 is 5.73 Å². The summed E-state index contributed by atoms with van der Waals surface area (Å²) >= 11 is 8.91. The molecule has 0 spiro atoms. The summed E-state index contributed by atoms with van der Waals surface area (Å²) in [6.45, 7) is 2.27. The molecule has 2 rings (SSSR count). The van der Waals surface area contributed by atoms with Crippen LogP contribution in [0.15, 0.2) is 27.7 Å². The van der Waals surface area contributed by atoms with Crippen molar-refractivity contribution >= 4 is 49.1 Å². The zero-order valence-corrected chi connectivity index (χ0v) is 13.9. The van der Waals surface area contributed by atoms with Crippen LogP contribution in [-0.2, 0) is 16.6 Å². The molecule has 0 unspecified atom stereocenters. The van der Waals surface area contributed by atoms with Gasteiger partial charge in [-0.05, 0) is 35.0 Å². The van der Waals surface area contributed by atoms with Crippen LogP contribution in [0, 0.1) is 5.82 Å². The van der Waals surface area contributed by atoms with Crippen molar-refractivity contribution in [3.63, 3.8) is 0 Å². The number of anilines is 2. The van der Waals surface area contributed by atoms with E-state index in [0.717, 1.165) is 12.1 Å². The molecule has 0 fully saturated rings. The maximum absolute atomic E-state index is 13.2. The van der Waals surface area contributed by atoms with Crippen LogP contribution in [-0.4, -0.2) is 18.2 Å². The van der Waals surface area contributed by atoms with E-state index in [4.69, 9.17) is 17.3 Å². The van der Waals surface area contributed by atoms with Crippen LogP contribution < -0.4 is 10.5 Å². The highest BCUT2D eigenvalue weighted by atomic mass is 79.9. The number of halogens is 3. The average molecular weight is 398 g/mol. The Balaban J connectivity index is 2.44. The fourth-order valence-electron chi connectivity index (χ4n) is 1.62. The van der Waals surface area contributed by atoms with E-state index in [1.165, 1.54) is 10.9 Å². The lowest BCUT2D eigenvalue weighted by Crippen LogP contribution is -2.14. The molecule has 21 heavy (non-hydrogen) atoms. The number of aromatic nitrogens is 2. The Hall–Kier alpha value is -1.32. The van der Waals surface area contributed by atoms with Gasteiger partial charge in [0.05, 0.1) is 10.7 Å². The summed E-state index contributed by atoms with van der Waals surface area (Å²) in [5.41, 5.74) is 5.63. The van der Waals surface area contributed by atoms with Gasteiger partial charge in [0.25, 0.3) is 10.0 Å². The van der Waals surface area contributed by atoms with Gasteiger partial charge in [-0.15, -0.1) is 0 Å². The molecule has 0 aliphatic heterocycles. The molecule has 1 aromatic carbocycles. The second-order valence-electron chi connectivity index (χ2n) is 4.08. The Labute approximate surface area is 134 Å². The minimum absolute atomic E-state index is 0.0294. The largest absolute Gasteiger partial charge is 0.381 e. The summed E-state index contributed by atoms with van der Waals surface area (Å²) in [6, 6.07) is 2.10. The molecule has 0 bridgehead atoms. The Morgan fingerprint density at radius 2 is 2.19 bits per heavy atom. The highest BCUT2D eigenvalue weighted by Crippen LogP contribution is 2.33. The number of nitrogens with zero attached hydrogens (tertiary/aromatic N) is 2. The van der Waals surface area contributed by atoms with E-state index in [-0.39, 0.29) is 25.9 Å². The van der Waals surface area contributed by atoms with Crippen molar-refractivity contribution in [3.8, 4) is 0 Å². The Bertz CT molecular complexity index is 771. The fourth-order valence-corrected chi connectivity index (χ4v) is 3.88. The van der Waals surface area contributed by atoms with Crippen LogP contribution in [0.5, 0.6) is 0 Å². The van der Waals surface area contributed by atoms with E-state index >= 15 is 0 Å². The van der Waals surface area contributed by atoms with Gasteiger partial charge in [-0.2, -0.15) is 5.10 Å². The molecule has 10 heteroatoms. The maximum atomic E-state index is 13.2. The van der Waals surface area contributed by atoms with Crippen molar-refractivity contribution in [1.29, 1.82) is 0 Å². The third kappa shape index (κ3) is 3.30. The number of nitrogens with one attached hydrogen (secondary N) is 1. The van der Waals surface area contributed by atoms with Crippen molar-refractivity contribution in [3.05, 3.63) is 33.6 Å². The number of rotatable bonds is 4.